The van der Waals surface area contributed by atoms with E-state index < -0.39 is 11.7 Å². The molecule has 1 aromatic heterocycles. The van der Waals surface area contributed by atoms with Crippen molar-refractivity contribution in [3.05, 3.63) is 18.9 Å². The van der Waals surface area contributed by atoms with Crippen LogP contribution in [0, 0.1) is 7.14 Å². The van der Waals surface area contributed by atoms with Crippen molar-refractivity contribution < 1.29 is 13.2 Å². The standard InChI is InChI=1S/C6H3F3I2N2/c7-6(8,9)2-1-13-5(12)4(11)3(2)10/h1H,(H2,12,13). The lowest BCUT2D eigenvalue weighted by Gasteiger charge is -2.10. The molecular weight excluding hydrogens is 411 g/mol. The first kappa shape index (κ1) is 11.3. The minimum absolute atomic E-state index is 0.0956. The zero-order valence-corrected chi connectivity index (χ0v) is 10.3. The Labute approximate surface area is 99.4 Å². The molecule has 1 aromatic rings. The lowest BCUT2D eigenvalue weighted by atomic mass is 10.3. The first-order chi connectivity index (χ1) is 5.84. The second-order valence-electron chi connectivity index (χ2n) is 2.18. The summed E-state index contributed by atoms with van der Waals surface area (Å²) in [7, 11) is 0. The van der Waals surface area contributed by atoms with E-state index in [1.807, 2.05) is 0 Å². The van der Waals surface area contributed by atoms with Crippen molar-refractivity contribution in [1.82, 2.24) is 4.98 Å². The number of anilines is 1. The first-order valence-corrected chi connectivity index (χ1v) is 5.16. The Bertz CT molecular complexity index is 337. The third kappa shape index (κ3) is 2.36. The Kier molecular flexibility index (Phi) is 3.25. The highest BCUT2D eigenvalue weighted by Gasteiger charge is 2.34. The molecule has 1 heterocycles. The molecule has 0 spiro atoms. The Morgan fingerprint density at radius 2 is 1.77 bits per heavy atom. The van der Waals surface area contributed by atoms with Crippen LogP contribution < -0.4 is 5.73 Å². The summed E-state index contributed by atoms with van der Waals surface area (Å²) in [4.78, 5) is 3.45. The molecule has 0 saturated carbocycles. The second-order valence-corrected chi connectivity index (χ2v) is 4.34. The van der Waals surface area contributed by atoms with Crippen LogP contribution in [-0.4, -0.2) is 4.98 Å². The van der Waals surface area contributed by atoms with Crippen LogP contribution >= 0.6 is 45.2 Å². The zero-order chi connectivity index (χ0) is 10.2. The van der Waals surface area contributed by atoms with Gasteiger partial charge in [-0.3, -0.25) is 0 Å². The van der Waals surface area contributed by atoms with E-state index in [1.54, 1.807) is 45.2 Å². The van der Waals surface area contributed by atoms with Crippen LogP contribution in [0.4, 0.5) is 19.0 Å². The lowest BCUT2D eigenvalue weighted by molar-refractivity contribution is -0.138. The number of nitrogens with zero attached hydrogens (tertiary/aromatic N) is 1. The predicted octanol–water partition coefficient (Wildman–Crippen LogP) is 2.89. The summed E-state index contributed by atoms with van der Waals surface area (Å²) in [6.45, 7) is 0. The molecule has 7 heteroatoms. The average molecular weight is 414 g/mol. The normalized spacial score (nSPS) is 11.8. The number of halogens is 5. The highest BCUT2D eigenvalue weighted by Crippen LogP contribution is 2.35. The van der Waals surface area contributed by atoms with Gasteiger partial charge in [0.15, 0.2) is 0 Å². The van der Waals surface area contributed by atoms with E-state index in [1.165, 1.54) is 0 Å². The number of pyridine rings is 1. The molecular formula is C6H3F3I2N2. The number of rotatable bonds is 0. The molecule has 2 N–H and O–H groups in total. The van der Waals surface area contributed by atoms with Gasteiger partial charge in [-0.2, -0.15) is 13.2 Å². The van der Waals surface area contributed by atoms with E-state index in [2.05, 4.69) is 4.98 Å². The van der Waals surface area contributed by atoms with E-state index in [0.717, 1.165) is 6.20 Å². The van der Waals surface area contributed by atoms with Crippen molar-refractivity contribution >= 4 is 51.0 Å². The SMILES string of the molecule is Nc1ncc(C(F)(F)F)c(I)c1I. The van der Waals surface area contributed by atoms with Gasteiger partial charge < -0.3 is 5.73 Å². The zero-order valence-electron chi connectivity index (χ0n) is 5.99. The largest absolute Gasteiger partial charge is 0.418 e. The van der Waals surface area contributed by atoms with Gasteiger partial charge in [0.25, 0.3) is 0 Å². The van der Waals surface area contributed by atoms with Gasteiger partial charge in [-0.25, -0.2) is 4.98 Å². The molecule has 0 amide bonds. The number of hydrogen-bond acceptors (Lipinski definition) is 2. The van der Waals surface area contributed by atoms with E-state index >= 15 is 0 Å². The Hall–Kier alpha value is 0.200. The lowest BCUT2D eigenvalue weighted by Crippen LogP contribution is -2.11. The summed E-state index contributed by atoms with van der Waals surface area (Å²) in [5, 5.41) is 0. The minimum atomic E-state index is -4.36. The fraction of sp³-hybridized carbons (Fsp3) is 0.167. The maximum atomic E-state index is 12.3. The predicted molar refractivity (Wildman–Crippen MR) is 59.1 cm³/mol. The second kappa shape index (κ2) is 3.75. The summed E-state index contributed by atoms with van der Waals surface area (Å²) in [5.41, 5.74) is 4.60. The van der Waals surface area contributed by atoms with Gasteiger partial charge in [0.05, 0.1) is 9.13 Å². The number of nitrogens with two attached hydrogens (primary N) is 1. The molecule has 72 valence electrons. The Morgan fingerprint density at radius 1 is 1.23 bits per heavy atom. The fourth-order valence-corrected chi connectivity index (χ4v) is 1.83. The number of alkyl halides is 3. The van der Waals surface area contributed by atoms with Crippen LogP contribution in [0.2, 0.25) is 0 Å². The van der Waals surface area contributed by atoms with Crippen molar-refractivity contribution in [3.63, 3.8) is 0 Å². The molecule has 2 nitrogen and oxygen atoms in total. The van der Waals surface area contributed by atoms with E-state index in [-0.39, 0.29) is 9.39 Å². The molecule has 0 atom stereocenters. The van der Waals surface area contributed by atoms with Crippen molar-refractivity contribution in [3.8, 4) is 0 Å². The molecule has 0 aromatic carbocycles. The monoisotopic (exact) mass is 414 g/mol. The summed E-state index contributed by atoms with van der Waals surface area (Å²) in [6, 6.07) is 0. The summed E-state index contributed by atoms with van der Waals surface area (Å²) in [6.07, 6.45) is -3.61. The molecule has 0 bridgehead atoms. The Balaban J connectivity index is 3.35. The molecule has 0 saturated heterocycles. The van der Waals surface area contributed by atoms with E-state index in [9.17, 15) is 13.2 Å². The quantitative estimate of drug-likeness (QED) is 0.664. The maximum absolute atomic E-state index is 12.3. The average Bonchev–Trinajstić information content (AvgIpc) is 1.98. The van der Waals surface area contributed by atoms with Gasteiger partial charge in [-0.05, 0) is 45.2 Å². The molecule has 1 rings (SSSR count). The minimum Gasteiger partial charge on any atom is -0.383 e. The summed E-state index contributed by atoms with van der Waals surface area (Å²) < 4.78 is 37.3. The smallest absolute Gasteiger partial charge is 0.383 e. The van der Waals surface area contributed by atoms with Crippen LogP contribution in [-0.2, 0) is 6.18 Å². The Morgan fingerprint density at radius 3 is 2.23 bits per heavy atom. The molecule has 13 heavy (non-hydrogen) atoms. The maximum Gasteiger partial charge on any atom is 0.418 e. The topological polar surface area (TPSA) is 38.9 Å². The van der Waals surface area contributed by atoms with Crippen molar-refractivity contribution in [2.45, 2.75) is 6.18 Å². The van der Waals surface area contributed by atoms with Crippen molar-refractivity contribution in [1.29, 1.82) is 0 Å². The molecule has 0 radical (unpaired) electrons. The number of nitrogen functional groups attached to an aromatic ring is 1. The summed E-state index contributed by atoms with van der Waals surface area (Å²) in [5.74, 6) is 0.123. The van der Waals surface area contributed by atoms with Crippen LogP contribution in [0.25, 0.3) is 0 Å². The van der Waals surface area contributed by atoms with Gasteiger partial charge in [0.2, 0.25) is 0 Å². The molecule has 0 fully saturated rings. The highest BCUT2D eigenvalue weighted by molar-refractivity contribution is 14.1. The van der Waals surface area contributed by atoms with Gasteiger partial charge >= 0.3 is 6.18 Å². The fourth-order valence-electron chi connectivity index (χ4n) is 0.676. The molecule has 0 aliphatic rings. The van der Waals surface area contributed by atoms with Gasteiger partial charge in [-0.15, -0.1) is 0 Å². The first-order valence-electron chi connectivity index (χ1n) is 3.00. The molecule has 0 unspecified atom stereocenters. The highest BCUT2D eigenvalue weighted by atomic mass is 127. The molecule has 0 aliphatic heterocycles. The van der Waals surface area contributed by atoms with Crippen LogP contribution in [0.1, 0.15) is 5.56 Å². The third-order valence-corrected chi connectivity index (χ3v) is 4.54. The van der Waals surface area contributed by atoms with E-state index in [0.29, 0.717) is 3.57 Å². The van der Waals surface area contributed by atoms with E-state index in [4.69, 9.17) is 5.73 Å². The third-order valence-electron chi connectivity index (χ3n) is 1.29. The molecule has 0 aliphatic carbocycles. The van der Waals surface area contributed by atoms with Crippen LogP contribution in [0.3, 0.4) is 0 Å². The number of hydrogen-bond donors (Lipinski definition) is 1. The summed E-state index contributed by atoms with van der Waals surface area (Å²) >= 11 is 3.35. The van der Waals surface area contributed by atoms with Gasteiger partial charge in [0.1, 0.15) is 5.82 Å². The van der Waals surface area contributed by atoms with Crippen molar-refractivity contribution in [2.24, 2.45) is 0 Å². The van der Waals surface area contributed by atoms with Crippen molar-refractivity contribution in [2.75, 3.05) is 5.73 Å². The van der Waals surface area contributed by atoms with Gasteiger partial charge in [0, 0.05) is 9.77 Å². The number of aromatic nitrogens is 1. The van der Waals surface area contributed by atoms with Crippen LogP contribution in [0.5, 0.6) is 0 Å². The van der Waals surface area contributed by atoms with Gasteiger partial charge in [-0.1, -0.05) is 0 Å². The van der Waals surface area contributed by atoms with Crippen LogP contribution in [0.15, 0.2) is 6.20 Å².